The monoisotopic (exact) mass is 211 g/mol. The van der Waals surface area contributed by atoms with Gasteiger partial charge in [0, 0.05) is 38.3 Å². The summed E-state index contributed by atoms with van der Waals surface area (Å²) in [6, 6.07) is 0.319. The van der Waals surface area contributed by atoms with Crippen molar-refractivity contribution in [2.24, 2.45) is 11.7 Å². The van der Waals surface area contributed by atoms with Crippen molar-refractivity contribution in [2.75, 3.05) is 26.2 Å². The van der Waals surface area contributed by atoms with Crippen LogP contribution in [0.2, 0.25) is 0 Å². The van der Waals surface area contributed by atoms with Crippen LogP contribution in [0.1, 0.15) is 13.8 Å². The summed E-state index contributed by atoms with van der Waals surface area (Å²) in [6.07, 6.45) is 3.41. The number of nitrogens with one attached hydrogen (secondary N) is 1. The quantitative estimate of drug-likeness (QED) is 0.641. The zero-order valence-corrected chi connectivity index (χ0v) is 9.57. The molecule has 4 nitrogen and oxygen atoms in total. The van der Waals surface area contributed by atoms with Crippen molar-refractivity contribution >= 4 is 5.91 Å². The molecule has 1 aliphatic heterocycles. The summed E-state index contributed by atoms with van der Waals surface area (Å²) in [5.74, 6) is 0.134. The van der Waals surface area contributed by atoms with Crippen molar-refractivity contribution in [1.82, 2.24) is 10.2 Å². The van der Waals surface area contributed by atoms with E-state index in [1.807, 2.05) is 6.08 Å². The van der Waals surface area contributed by atoms with Gasteiger partial charge in [-0.3, -0.25) is 9.69 Å². The molecule has 1 rings (SSSR count). The molecular weight excluding hydrogens is 190 g/mol. The Morgan fingerprint density at radius 2 is 2.00 bits per heavy atom. The molecule has 4 heteroatoms. The molecule has 1 atom stereocenters. The molecule has 86 valence electrons. The number of hydrogen-bond acceptors (Lipinski definition) is 3. The molecule has 1 amide bonds. The second-order valence-corrected chi connectivity index (χ2v) is 4.28. The Bertz CT molecular complexity index is 232. The number of primary amides is 1. The van der Waals surface area contributed by atoms with Gasteiger partial charge in [0.05, 0.1) is 0 Å². The van der Waals surface area contributed by atoms with Gasteiger partial charge in [-0.25, -0.2) is 0 Å². The van der Waals surface area contributed by atoms with Crippen molar-refractivity contribution in [3.05, 3.63) is 12.2 Å². The first kappa shape index (κ1) is 12.2. The summed E-state index contributed by atoms with van der Waals surface area (Å²) < 4.78 is 0. The van der Waals surface area contributed by atoms with Crippen LogP contribution in [0, 0.1) is 5.92 Å². The van der Waals surface area contributed by atoms with Crippen LogP contribution in [-0.2, 0) is 4.79 Å². The lowest BCUT2D eigenvalue weighted by atomic mass is 10.0. The second kappa shape index (κ2) is 5.88. The van der Waals surface area contributed by atoms with E-state index in [1.165, 1.54) is 6.08 Å². The average Bonchev–Trinajstić information content (AvgIpc) is 2.18. The Labute approximate surface area is 91.5 Å². The highest BCUT2D eigenvalue weighted by atomic mass is 16.1. The first-order chi connectivity index (χ1) is 7.11. The van der Waals surface area contributed by atoms with Crippen LogP contribution in [0.3, 0.4) is 0 Å². The fraction of sp³-hybridized carbons (Fsp3) is 0.727. The number of hydrogen-bond donors (Lipinski definition) is 2. The summed E-state index contributed by atoms with van der Waals surface area (Å²) in [5.41, 5.74) is 5.11. The van der Waals surface area contributed by atoms with Gasteiger partial charge >= 0.3 is 0 Å². The average molecular weight is 211 g/mol. The van der Waals surface area contributed by atoms with E-state index in [9.17, 15) is 4.79 Å². The first-order valence-corrected chi connectivity index (χ1v) is 5.53. The lowest BCUT2D eigenvalue weighted by Gasteiger charge is -2.35. The molecule has 15 heavy (non-hydrogen) atoms. The maximum absolute atomic E-state index is 10.7. The minimum Gasteiger partial charge on any atom is -0.366 e. The number of nitrogens with two attached hydrogens (primary N) is 1. The Morgan fingerprint density at radius 3 is 2.47 bits per heavy atom. The maximum atomic E-state index is 10.7. The van der Waals surface area contributed by atoms with E-state index in [0.717, 1.165) is 26.2 Å². The van der Waals surface area contributed by atoms with Gasteiger partial charge in [-0.2, -0.15) is 0 Å². The summed E-state index contributed by atoms with van der Waals surface area (Å²) in [4.78, 5) is 13.1. The Balaban J connectivity index is 2.59. The minimum absolute atomic E-state index is 0.319. The zero-order valence-electron chi connectivity index (χ0n) is 9.57. The normalized spacial score (nSPS) is 21.0. The van der Waals surface area contributed by atoms with E-state index in [1.54, 1.807) is 0 Å². The fourth-order valence-electron chi connectivity index (χ4n) is 1.94. The van der Waals surface area contributed by atoms with E-state index >= 15 is 0 Å². The van der Waals surface area contributed by atoms with E-state index in [0.29, 0.717) is 12.0 Å². The third-order valence-corrected chi connectivity index (χ3v) is 2.71. The van der Waals surface area contributed by atoms with Gasteiger partial charge in [0.1, 0.15) is 0 Å². The highest BCUT2D eigenvalue weighted by Crippen LogP contribution is 2.12. The van der Waals surface area contributed by atoms with Gasteiger partial charge in [-0.05, 0) is 5.92 Å². The summed E-state index contributed by atoms with van der Waals surface area (Å²) in [5, 5.41) is 3.32. The molecule has 0 spiro atoms. The van der Waals surface area contributed by atoms with Gasteiger partial charge in [0.25, 0.3) is 0 Å². The maximum Gasteiger partial charge on any atom is 0.241 e. The molecule has 1 heterocycles. The Kier molecular flexibility index (Phi) is 4.78. The zero-order chi connectivity index (χ0) is 11.3. The molecule has 0 aromatic carbocycles. The SMILES string of the molecule is CC(C)C(C=CC(N)=O)N1CCNCC1. The number of amides is 1. The van der Waals surface area contributed by atoms with Crippen molar-refractivity contribution in [1.29, 1.82) is 0 Å². The lowest BCUT2D eigenvalue weighted by Crippen LogP contribution is -2.49. The number of carbonyl (C=O) groups excluding carboxylic acids is 1. The molecule has 0 aromatic rings. The molecule has 0 radical (unpaired) electrons. The smallest absolute Gasteiger partial charge is 0.241 e. The molecule has 0 bridgehead atoms. The van der Waals surface area contributed by atoms with Crippen LogP contribution in [0.15, 0.2) is 12.2 Å². The molecule has 1 fully saturated rings. The standard InChI is InChI=1S/C11H21N3O/c1-9(2)10(3-4-11(12)15)14-7-5-13-6-8-14/h3-4,9-10,13H,5-8H2,1-2H3,(H2,12,15). The van der Waals surface area contributed by atoms with E-state index in [-0.39, 0.29) is 5.91 Å². The predicted octanol–water partition coefficient (Wildman–Crippen LogP) is -0.0423. The molecule has 0 aliphatic carbocycles. The number of piperazine rings is 1. The third-order valence-electron chi connectivity index (χ3n) is 2.71. The third kappa shape index (κ3) is 4.01. The van der Waals surface area contributed by atoms with E-state index < -0.39 is 0 Å². The Morgan fingerprint density at radius 1 is 1.40 bits per heavy atom. The molecule has 1 saturated heterocycles. The Hall–Kier alpha value is -0.870. The van der Waals surface area contributed by atoms with E-state index in [4.69, 9.17) is 5.73 Å². The molecule has 3 N–H and O–H groups in total. The van der Waals surface area contributed by atoms with Gasteiger partial charge < -0.3 is 11.1 Å². The summed E-state index contributed by atoms with van der Waals surface area (Å²) in [7, 11) is 0. The summed E-state index contributed by atoms with van der Waals surface area (Å²) >= 11 is 0. The molecule has 0 aromatic heterocycles. The fourth-order valence-corrected chi connectivity index (χ4v) is 1.94. The first-order valence-electron chi connectivity index (χ1n) is 5.53. The summed E-state index contributed by atoms with van der Waals surface area (Å²) in [6.45, 7) is 8.44. The molecule has 1 aliphatic rings. The topological polar surface area (TPSA) is 58.4 Å². The second-order valence-electron chi connectivity index (χ2n) is 4.28. The van der Waals surface area contributed by atoms with Crippen molar-refractivity contribution < 1.29 is 4.79 Å². The van der Waals surface area contributed by atoms with Crippen molar-refractivity contribution in [2.45, 2.75) is 19.9 Å². The van der Waals surface area contributed by atoms with Crippen molar-refractivity contribution in [3.8, 4) is 0 Å². The lowest BCUT2D eigenvalue weighted by molar-refractivity contribution is -0.113. The molecule has 1 unspecified atom stereocenters. The highest BCUT2D eigenvalue weighted by molar-refractivity contribution is 5.85. The van der Waals surface area contributed by atoms with Crippen LogP contribution in [0.5, 0.6) is 0 Å². The van der Waals surface area contributed by atoms with Crippen LogP contribution < -0.4 is 11.1 Å². The highest BCUT2D eigenvalue weighted by Gasteiger charge is 2.20. The van der Waals surface area contributed by atoms with Gasteiger partial charge in [0.15, 0.2) is 0 Å². The predicted molar refractivity (Wildman–Crippen MR) is 61.4 cm³/mol. The van der Waals surface area contributed by atoms with E-state index in [2.05, 4.69) is 24.1 Å². The van der Waals surface area contributed by atoms with Crippen molar-refractivity contribution in [3.63, 3.8) is 0 Å². The van der Waals surface area contributed by atoms with Gasteiger partial charge in [-0.1, -0.05) is 19.9 Å². The number of carbonyl (C=O) groups is 1. The number of rotatable bonds is 4. The van der Waals surface area contributed by atoms with Crippen LogP contribution in [0.4, 0.5) is 0 Å². The minimum atomic E-state index is -0.365. The van der Waals surface area contributed by atoms with Gasteiger partial charge in [-0.15, -0.1) is 0 Å². The van der Waals surface area contributed by atoms with Crippen LogP contribution >= 0.6 is 0 Å². The molecular formula is C11H21N3O. The number of nitrogens with zero attached hydrogens (tertiary/aromatic N) is 1. The van der Waals surface area contributed by atoms with Crippen LogP contribution in [-0.4, -0.2) is 43.0 Å². The van der Waals surface area contributed by atoms with Crippen LogP contribution in [0.25, 0.3) is 0 Å². The molecule has 0 saturated carbocycles. The van der Waals surface area contributed by atoms with Gasteiger partial charge in [0.2, 0.25) is 5.91 Å². The largest absolute Gasteiger partial charge is 0.366 e.